The quantitative estimate of drug-likeness (QED) is 0.489. The molecule has 0 amide bonds. The summed E-state index contributed by atoms with van der Waals surface area (Å²) in [7, 11) is 0. The summed E-state index contributed by atoms with van der Waals surface area (Å²) in [4.78, 5) is 4.17. The molecule has 0 spiro atoms. The van der Waals surface area contributed by atoms with Crippen LogP contribution in [-0.2, 0) is 0 Å². The Hall–Kier alpha value is -0.633. The topological polar surface area (TPSA) is 12.9 Å². The molecule has 4 radical (unpaired) electrons. The summed E-state index contributed by atoms with van der Waals surface area (Å²) in [5.41, 5.74) is 2.18. The van der Waals surface area contributed by atoms with E-state index in [1.807, 2.05) is 32.0 Å². The fourth-order valence-electron chi connectivity index (χ4n) is 0.679. The fraction of sp³-hybridized carbons (Fsp3) is 0.286. The molecular weight excluding hydrogens is 126 g/mol. The second kappa shape index (κ2) is 3.40. The Kier molecular flexibility index (Phi) is 3.16. The van der Waals surface area contributed by atoms with Gasteiger partial charge in [-0.1, -0.05) is 6.07 Å². The molecule has 0 aliphatic carbocycles. The molecule has 2 heteroatoms. The van der Waals surface area contributed by atoms with E-state index in [4.69, 9.17) is 0 Å². The average molecular weight is 135 g/mol. The second-order valence-corrected chi connectivity index (χ2v) is 1.92. The smallest absolute Gasteiger partial charge is 0.0375 e. The van der Waals surface area contributed by atoms with Crippen molar-refractivity contribution in [1.82, 2.24) is 4.98 Å². The summed E-state index contributed by atoms with van der Waals surface area (Å²) in [6, 6.07) is 6.00. The van der Waals surface area contributed by atoms with Crippen molar-refractivity contribution in [3.8, 4) is 0 Å². The molecule has 0 aliphatic heterocycles. The minimum absolute atomic E-state index is 0. The summed E-state index contributed by atoms with van der Waals surface area (Å²) in [5, 5.41) is 0. The maximum absolute atomic E-state index is 4.17. The third-order valence-corrected chi connectivity index (χ3v) is 1.03. The molecule has 1 nitrogen and oxygen atoms in total. The Balaban J connectivity index is 0.000000640. The van der Waals surface area contributed by atoms with Crippen LogP contribution in [0.15, 0.2) is 18.2 Å². The molecule has 0 N–H and O–H groups in total. The van der Waals surface area contributed by atoms with Crippen molar-refractivity contribution in [3.05, 3.63) is 29.6 Å². The molecule has 0 aliphatic rings. The molecular formula is C7H9NSi. The molecule has 1 rings (SSSR count). The van der Waals surface area contributed by atoms with Crippen molar-refractivity contribution in [2.75, 3.05) is 0 Å². The van der Waals surface area contributed by atoms with Gasteiger partial charge in [0.25, 0.3) is 0 Å². The third-order valence-electron chi connectivity index (χ3n) is 1.03. The highest BCUT2D eigenvalue weighted by Crippen LogP contribution is 1.93. The summed E-state index contributed by atoms with van der Waals surface area (Å²) in [6.45, 7) is 3.99. The molecule has 9 heavy (non-hydrogen) atoms. The first-order chi connectivity index (χ1) is 3.79. The molecule has 1 heterocycles. The van der Waals surface area contributed by atoms with Crippen LogP contribution < -0.4 is 0 Å². The maximum Gasteiger partial charge on any atom is 0.0375 e. The van der Waals surface area contributed by atoms with Gasteiger partial charge in [-0.05, 0) is 26.0 Å². The zero-order chi connectivity index (χ0) is 5.98. The summed E-state index contributed by atoms with van der Waals surface area (Å²) in [6.07, 6.45) is 0. The zero-order valence-corrected chi connectivity index (χ0v) is 6.68. The Morgan fingerprint density at radius 1 is 1.11 bits per heavy atom. The first-order valence-corrected chi connectivity index (χ1v) is 2.69. The van der Waals surface area contributed by atoms with Crippen LogP contribution in [0.1, 0.15) is 11.4 Å². The number of hydrogen-bond acceptors (Lipinski definition) is 1. The Morgan fingerprint density at radius 3 is 1.78 bits per heavy atom. The predicted molar refractivity (Wildman–Crippen MR) is 39.5 cm³/mol. The highest BCUT2D eigenvalue weighted by atomic mass is 28.1. The molecule has 1 aromatic rings. The van der Waals surface area contributed by atoms with Gasteiger partial charge in [-0.3, -0.25) is 4.98 Å². The second-order valence-electron chi connectivity index (χ2n) is 1.92. The monoisotopic (exact) mass is 135 g/mol. The van der Waals surface area contributed by atoms with E-state index in [1.54, 1.807) is 0 Å². The van der Waals surface area contributed by atoms with E-state index < -0.39 is 0 Å². The van der Waals surface area contributed by atoms with Crippen LogP contribution in [0, 0.1) is 13.8 Å². The van der Waals surface area contributed by atoms with E-state index in [-0.39, 0.29) is 11.0 Å². The van der Waals surface area contributed by atoms with Gasteiger partial charge in [-0.15, -0.1) is 0 Å². The number of nitrogens with zero attached hydrogens (tertiary/aromatic N) is 1. The molecule has 1 aromatic heterocycles. The van der Waals surface area contributed by atoms with Crippen molar-refractivity contribution < 1.29 is 0 Å². The molecule has 0 saturated carbocycles. The van der Waals surface area contributed by atoms with Crippen molar-refractivity contribution in [3.63, 3.8) is 0 Å². The van der Waals surface area contributed by atoms with Gasteiger partial charge in [0.2, 0.25) is 0 Å². The zero-order valence-electron chi connectivity index (χ0n) is 5.68. The van der Waals surface area contributed by atoms with Gasteiger partial charge in [0.1, 0.15) is 0 Å². The van der Waals surface area contributed by atoms with Gasteiger partial charge >= 0.3 is 0 Å². The van der Waals surface area contributed by atoms with Gasteiger partial charge in [0.05, 0.1) is 0 Å². The van der Waals surface area contributed by atoms with Crippen LogP contribution in [0.25, 0.3) is 0 Å². The van der Waals surface area contributed by atoms with Crippen LogP contribution in [0.2, 0.25) is 0 Å². The summed E-state index contributed by atoms with van der Waals surface area (Å²) in [5.74, 6) is 0. The first kappa shape index (κ1) is 8.37. The van der Waals surface area contributed by atoms with E-state index in [1.165, 1.54) is 0 Å². The lowest BCUT2D eigenvalue weighted by molar-refractivity contribution is 1.12. The molecule has 0 aromatic carbocycles. The van der Waals surface area contributed by atoms with E-state index in [0.29, 0.717) is 0 Å². The average Bonchev–Trinajstić information content (AvgIpc) is 1.64. The largest absolute Gasteiger partial charge is 0.258 e. The number of rotatable bonds is 0. The number of aromatic nitrogens is 1. The van der Waals surface area contributed by atoms with E-state index in [0.717, 1.165) is 11.4 Å². The Bertz CT molecular complexity index is 169. The summed E-state index contributed by atoms with van der Waals surface area (Å²) < 4.78 is 0. The van der Waals surface area contributed by atoms with E-state index >= 15 is 0 Å². The van der Waals surface area contributed by atoms with Gasteiger partial charge in [0, 0.05) is 22.4 Å². The SMILES string of the molecule is Cc1cccc(C)n1.[Si]. The lowest BCUT2D eigenvalue weighted by Gasteiger charge is -1.90. The van der Waals surface area contributed by atoms with Gasteiger partial charge in [-0.2, -0.15) is 0 Å². The third kappa shape index (κ3) is 2.42. The maximum atomic E-state index is 4.17. The normalized spacial score (nSPS) is 8.22. The summed E-state index contributed by atoms with van der Waals surface area (Å²) >= 11 is 0. The van der Waals surface area contributed by atoms with Crippen LogP contribution in [0.4, 0.5) is 0 Å². The number of aryl methyl sites for hydroxylation is 2. The van der Waals surface area contributed by atoms with E-state index in [9.17, 15) is 0 Å². The molecule has 0 saturated heterocycles. The minimum Gasteiger partial charge on any atom is -0.258 e. The van der Waals surface area contributed by atoms with Crippen LogP contribution in [0.5, 0.6) is 0 Å². The van der Waals surface area contributed by atoms with Crippen LogP contribution >= 0.6 is 0 Å². The van der Waals surface area contributed by atoms with Crippen molar-refractivity contribution in [2.45, 2.75) is 13.8 Å². The van der Waals surface area contributed by atoms with Gasteiger partial charge < -0.3 is 0 Å². The standard InChI is InChI=1S/C7H9N.Si/c1-6-4-3-5-7(2)8-6;/h3-5H,1-2H3;. The van der Waals surface area contributed by atoms with Crippen LogP contribution in [-0.4, -0.2) is 15.9 Å². The van der Waals surface area contributed by atoms with E-state index in [2.05, 4.69) is 4.98 Å². The number of hydrogen-bond donors (Lipinski definition) is 0. The lowest BCUT2D eigenvalue weighted by Crippen LogP contribution is -1.81. The molecule has 0 bridgehead atoms. The van der Waals surface area contributed by atoms with Crippen molar-refractivity contribution in [1.29, 1.82) is 0 Å². The molecule has 0 unspecified atom stereocenters. The van der Waals surface area contributed by atoms with Crippen molar-refractivity contribution in [2.24, 2.45) is 0 Å². The van der Waals surface area contributed by atoms with Gasteiger partial charge in [0.15, 0.2) is 0 Å². The van der Waals surface area contributed by atoms with Crippen LogP contribution in [0.3, 0.4) is 0 Å². The molecule has 46 valence electrons. The number of pyridine rings is 1. The lowest BCUT2D eigenvalue weighted by atomic mass is 10.3. The van der Waals surface area contributed by atoms with Gasteiger partial charge in [-0.25, -0.2) is 0 Å². The van der Waals surface area contributed by atoms with Crippen molar-refractivity contribution >= 4 is 11.0 Å². The minimum atomic E-state index is 0. The molecule has 0 fully saturated rings. The Labute approximate surface area is 60.2 Å². The highest BCUT2D eigenvalue weighted by Gasteiger charge is 1.82. The molecule has 0 atom stereocenters. The highest BCUT2D eigenvalue weighted by molar-refractivity contribution is 5.75. The fourth-order valence-corrected chi connectivity index (χ4v) is 0.679. The predicted octanol–water partition coefficient (Wildman–Crippen LogP) is 1.32. The first-order valence-electron chi connectivity index (χ1n) is 2.69. The Morgan fingerprint density at radius 2 is 1.56 bits per heavy atom.